The van der Waals surface area contributed by atoms with E-state index < -0.39 is 15.8 Å². The van der Waals surface area contributed by atoms with Gasteiger partial charge in [0, 0.05) is 33.4 Å². The molecule has 0 N–H and O–H groups in total. The van der Waals surface area contributed by atoms with Crippen LogP contribution in [0, 0.1) is 6.92 Å². The van der Waals surface area contributed by atoms with Gasteiger partial charge in [0.25, 0.3) is 10.2 Å². The molecular formula is C14H22N4O3S. The number of fused-ring (bicyclic) bond motifs is 2. The lowest BCUT2D eigenvalue weighted by atomic mass is 9.85. The number of hydrogen-bond acceptors (Lipinski definition) is 5. The largest absolute Gasteiger partial charge is 0.367 e. The lowest BCUT2D eigenvalue weighted by Crippen LogP contribution is -2.54. The second-order valence-electron chi connectivity index (χ2n) is 6.11. The maximum Gasteiger partial charge on any atom is 0.281 e. The maximum absolute atomic E-state index is 12.5. The number of aromatic nitrogens is 2. The Morgan fingerprint density at radius 3 is 2.91 bits per heavy atom. The van der Waals surface area contributed by atoms with Gasteiger partial charge in [0.1, 0.15) is 11.4 Å². The fraction of sp³-hybridized carbons (Fsp3) is 0.714. The van der Waals surface area contributed by atoms with E-state index in [1.165, 1.54) is 8.61 Å². The fourth-order valence-corrected chi connectivity index (χ4v) is 4.41. The van der Waals surface area contributed by atoms with Crippen LogP contribution >= 0.6 is 0 Å². The van der Waals surface area contributed by atoms with Crippen molar-refractivity contribution in [2.45, 2.75) is 31.8 Å². The van der Waals surface area contributed by atoms with Gasteiger partial charge in [-0.25, -0.2) is 9.97 Å². The van der Waals surface area contributed by atoms with Gasteiger partial charge in [-0.3, -0.25) is 0 Å². The summed E-state index contributed by atoms with van der Waals surface area (Å²) < 4.78 is 33.7. The minimum Gasteiger partial charge on any atom is -0.367 e. The molecule has 3 rings (SSSR count). The molecule has 1 saturated heterocycles. The highest BCUT2D eigenvalue weighted by Crippen LogP contribution is 2.39. The molecule has 0 aliphatic carbocycles. The number of nitrogens with zero attached hydrogens (tertiary/aromatic N) is 4. The smallest absolute Gasteiger partial charge is 0.281 e. The Labute approximate surface area is 131 Å². The molecule has 2 aliphatic heterocycles. The predicted molar refractivity (Wildman–Crippen MR) is 81.5 cm³/mol. The third-order valence-electron chi connectivity index (χ3n) is 4.37. The van der Waals surface area contributed by atoms with E-state index in [-0.39, 0.29) is 0 Å². The van der Waals surface area contributed by atoms with E-state index in [2.05, 4.69) is 9.97 Å². The van der Waals surface area contributed by atoms with Crippen LogP contribution in [0.5, 0.6) is 0 Å². The summed E-state index contributed by atoms with van der Waals surface area (Å²) in [7, 11) is -0.336. The summed E-state index contributed by atoms with van der Waals surface area (Å²) in [6.45, 7) is 3.26. The van der Waals surface area contributed by atoms with Gasteiger partial charge in [0.15, 0.2) is 0 Å². The Morgan fingerprint density at radius 1 is 1.41 bits per heavy atom. The summed E-state index contributed by atoms with van der Waals surface area (Å²) in [6.07, 6.45) is 4.17. The average molecular weight is 326 g/mol. The van der Waals surface area contributed by atoms with Gasteiger partial charge in [-0.2, -0.15) is 17.0 Å². The molecule has 3 heterocycles. The van der Waals surface area contributed by atoms with Crippen molar-refractivity contribution >= 4 is 10.2 Å². The number of piperidine rings is 1. The normalized spacial score (nSPS) is 26.4. The van der Waals surface area contributed by atoms with Crippen molar-refractivity contribution in [1.82, 2.24) is 18.6 Å². The average Bonchev–Trinajstić information content (AvgIpc) is 2.48. The van der Waals surface area contributed by atoms with Crippen molar-refractivity contribution in [2.24, 2.45) is 0 Å². The van der Waals surface area contributed by atoms with E-state index in [9.17, 15) is 8.42 Å². The van der Waals surface area contributed by atoms with Gasteiger partial charge in [-0.1, -0.05) is 0 Å². The van der Waals surface area contributed by atoms with Gasteiger partial charge in [0.2, 0.25) is 0 Å². The highest BCUT2D eigenvalue weighted by Gasteiger charge is 2.46. The minimum absolute atomic E-state index is 0.316. The Balaban J connectivity index is 2.00. The Hall–Kier alpha value is -1.09. The first-order valence-corrected chi connectivity index (χ1v) is 8.89. The zero-order chi connectivity index (χ0) is 16.0. The Morgan fingerprint density at radius 2 is 2.18 bits per heavy atom. The van der Waals surface area contributed by atoms with Crippen LogP contribution in [0.4, 0.5) is 0 Å². The molecule has 0 saturated carbocycles. The van der Waals surface area contributed by atoms with E-state index in [1.807, 2.05) is 13.1 Å². The first-order chi connectivity index (χ1) is 10.3. The van der Waals surface area contributed by atoms with E-state index in [0.29, 0.717) is 25.5 Å². The third-order valence-corrected chi connectivity index (χ3v) is 6.26. The van der Waals surface area contributed by atoms with Crippen LogP contribution in [-0.2, 0) is 27.0 Å². The van der Waals surface area contributed by atoms with Gasteiger partial charge >= 0.3 is 0 Å². The van der Waals surface area contributed by atoms with Gasteiger partial charge in [-0.05, 0) is 31.7 Å². The highest BCUT2D eigenvalue weighted by atomic mass is 32.2. The summed E-state index contributed by atoms with van der Waals surface area (Å²) >= 11 is 0. The van der Waals surface area contributed by atoms with E-state index >= 15 is 0 Å². The molecule has 0 amide bonds. The second kappa shape index (κ2) is 5.52. The lowest BCUT2D eigenvalue weighted by molar-refractivity contribution is -0.0941. The van der Waals surface area contributed by atoms with Crippen LogP contribution in [0.1, 0.15) is 29.9 Å². The Kier molecular flexibility index (Phi) is 3.96. The molecule has 0 bridgehead atoms. The molecule has 1 spiro atoms. The molecule has 1 fully saturated rings. The van der Waals surface area contributed by atoms with Crippen molar-refractivity contribution in [3.63, 3.8) is 0 Å². The molecule has 0 radical (unpaired) electrons. The van der Waals surface area contributed by atoms with Crippen molar-refractivity contribution in [3.05, 3.63) is 23.3 Å². The van der Waals surface area contributed by atoms with Crippen LogP contribution in [0.15, 0.2) is 6.20 Å². The number of rotatable bonds is 2. The SMILES string of the molecule is Cc1ncc2c(n1)C1(CCCN(S(=O)(=O)N(C)C)C1)OCC2. The standard InChI is InChI=1S/C14H22N4O3S/c1-11-15-9-12-5-8-21-14(13(12)16-11)6-4-7-18(10-14)22(19,20)17(2)3/h9H,4-8,10H2,1-3H3. The third kappa shape index (κ3) is 2.54. The molecule has 22 heavy (non-hydrogen) atoms. The first kappa shape index (κ1) is 15.8. The van der Waals surface area contributed by atoms with Crippen LogP contribution < -0.4 is 0 Å². The maximum atomic E-state index is 12.5. The molecule has 2 aliphatic rings. The topological polar surface area (TPSA) is 75.6 Å². The molecule has 1 atom stereocenters. The van der Waals surface area contributed by atoms with Crippen LogP contribution in [0.3, 0.4) is 0 Å². The summed E-state index contributed by atoms with van der Waals surface area (Å²) in [5.74, 6) is 0.691. The first-order valence-electron chi connectivity index (χ1n) is 7.50. The second-order valence-corrected chi connectivity index (χ2v) is 8.25. The van der Waals surface area contributed by atoms with Crippen molar-refractivity contribution < 1.29 is 13.2 Å². The van der Waals surface area contributed by atoms with Crippen molar-refractivity contribution in [2.75, 3.05) is 33.8 Å². The summed E-state index contributed by atoms with van der Waals surface area (Å²) in [5.41, 5.74) is 1.30. The number of ether oxygens (including phenoxy) is 1. The molecule has 0 aromatic carbocycles. The summed E-state index contributed by atoms with van der Waals surface area (Å²) in [6, 6.07) is 0. The molecular weight excluding hydrogens is 304 g/mol. The fourth-order valence-electron chi connectivity index (χ4n) is 3.22. The van der Waals surface area contributed by atoms with Gasteiger partial charge in [-0.15, -0.1) is 0 Å². The van der Waals surface area contributed by atoms with Gasteiger partial charge in [0.05, 0.1) is 12.3 Å². The zero-order valence-electron chi connectivity index (χ0n) is 13.2. The van der Waals surface area contributed by atoms with E-state index in [1.54, 1.807) is 14.1 Å². The van der Waals surface area contributed by atoms with Crippen LogP contribution in [-0.4, -0.2) is 60.8 Å². The minimum atomic E-state index is -3.44. The van der Waals surface area contributed by atoms with E-state index in [0.717, 1.165) is 30.5 Å². The van der Waals surface area contributed by atoms with Crippen LogP contribution in [0.2, 0.25) is 0 Å². The lowest BCUT2D eigenvalue weighted by Gasteiger charge is -2.44. The predicted octanol–water partition coefficient (Wildman–Crippen LogP) is 0.455. The zero-order valence-corrected chi connectivity index (χ0v) is 14.1. The summed E-state index contributed by atoms with van der Waals surface area (Å²) in [4.78, 5) is 8.84. The monoisotopic (exact) mass is 326 g/mol. The number of hydrogen-bond donors (Lipinski definition) is 0. The molecule has 8 heteroatoms. The van der Waals surface area contributed by atoms with Crippen molar-refractivity contribution in [1.29, 1.82) is 0 Å². The molecule has 1 aromatic rings. The molecule has 1 aromatic heterocycles. The molecule has 122 valence electrons. The Bertz CT molecular complexity index is 677. The number of aryl methyl sites for hydroxylation is 1. The quantitative estimate of drug-likeness (QED) is 0.789. The van der Waals surface area contributed by atoms with E-state index in [4.69, 9.17) is 4.74 Å². The molecule has 1 unspecified atom stereocenters. The van der Waals surface area contributed by atoms with Gasteiger partial charge < -0.3 is 4.74 Å². The van der Waals surface area contributed by atoms with Crippen LogP contribution in [0.25, 0.3) is 0 Å². The highest BCUT2D eigenvalue weighted by molar-refractivity contribution is 7.86. The van der Waals surface area contributed by atoms with Crippen molar-refractivity contribution in [3.8, 4) is 0 Å². The molecule has 7 nitrogen and oxygen atoms in total. The summed E-state index contributed by atoms with van der Waals surface area (Å²) in [5, 5.41) is 0.